The molecule has 28 heavy (non-hydrogen) atoms. The zero-order valence-electron chi connectivity index (χ0n) is 14.9. The molecule has 0 saturated carbocycles. The van der Waals surface area contributed by atoms with Crippen LogP contribution in [0.1, 0.15) is 37.3 Å². The summed E-state index contributed by atoms with van der Waals surface area (Å²) in [7, 11) is 0. The predicted molar refractivity (Wildman–Crippen MR) is 105 cm³/mol. The lowest BCUT2D eigenvalue weighted by Gasteiger charge is -2.12. The van der Waals surface area contributed by atoms with Crippen molar-refractivity contribution in [3.05, 3.63) is 56.4 Å². The summed E-state index contributed by atoms with van der Waals surface area (Å²) in [5, 5.41) is 25.3. The van der Waals surface area contributed by atoms with Crippen LogP contribution in [0.3, 0.4) is 0 Å². The fourth-order valence-corrected chi connectivity index (χ4v) is 3.57. The van der Waals surface area contributed by atoms with E-state index in [1.165, 1.54) is 23.7 Å². The topological polar surface area (TPSA) is 155 Å². The summed E-state index contributed by atoms with van der Waals surface area (Å²) < 4.78 is 6.17. The van der Waals surface area contributed by atoms with Crippen LogP contribution in [-0.2, 0) is 0 Å². The van der Waals surface area contributed by atoms with Crippen LogP contribution in [0.2, 0.25) is 0 Å². The number of rotatable bonds is 10. The maximum Gasteiger partial charge on any atom is 0.281 e. The summed E-state index contributed by atoms with van der Waals surface area (Å²) >= 11 is 1.32. The quantitative estimate of drug-likeness (QED) is 0.296. The molecule has 0 fully saturated rings. The highest BCUT2D eigenvalue weighted by atomic mass is 32.1. The van der Waals surface area contributed by atoms with Crippen LogP contribution in [0.5, 0.6) is 0 Å². The summed E-state index contributed by atoms with van der Waals surface area (Å²) in [5.74, 6) is 0.760. The van der Waals surface area contributed by atoms with E-state index in [0.717, 1.165) is 42.8 Å². The van der Waals surface area contributed by atoms with Gasteiger partial charge in [-0.1, -0.05) is 12.8 Å². The Hall–Kier alpha value is -3.12. The molecule has 2 aromatic heterocycles. The predicted octanol–water partition coefficient (Wildman–Crippen LogP) is 3.28. The fraction of sp³-hybridized carbons (Fsp3) is 0.375. The van der Waals surface area contributed by atoms with Crippen LogP contribution in [-0.4, -0.2) is 30.1 Å². The number of nitrogens with two attached hydrogens (primary N) is 1. The average molecular weight is 405 g/mol. The van der Waals surface area contributed by atoms with Gasteiger partial charge in [-0.3, -0.25) is 24.6 Å². The zero-order valence-corrected chi connectivity index (χ0v) is 15.7. The Kier molecular flexibility index (Phi) is 6.11. The van der Waals surface area contributed by atoms with Gasteiger partial charge in [0.25, 0.3) is 11.4 Å². The lowest BCUT2D eigenvalue weighted by Crippen LogP contribution is -2.13. The van der Waals surface area contributed by atoms with Crippen LogP contribution in [0.25, 0.3) is 4.96 Å². The highest BCUT2D eigenvalue weighted by Crippen LogP contribution is 2.30. The summed E-state index contributed by atoms with van der Waals surface area (Å²) in [5.41, 5.74) is 5.79. The number of unbranched alkanes of at least 4 members (excludes halogenated alkanes) is 2. The largest absolute Gasteiger partial charge is 0.355 e. The molecule has 11 nitrogen and oxygen atoms in total. The van der Waals surface area contributed by atoms with Gasteiger partial charge in [0.2, 0.25) is 10.9 Å². The van der Waals surface area contributed by atoms with Crippen molar-refractivity contribution in [1.82, 2.24) is 13.8 Å². The minimum atomic E-state index is -0.658. The Morgan fingerprint density at radius 3 is 2.79 bits per heavy atom. The molecule has 0 amide bonds. The number of aromatic nitrogens is 3. The van der Waals surface area contributed by atoms with E-state index in [-0.39, 0.29) is 11.4 Å². The third-order valence-electron chi connectivity index (χ3n) is 4.34. The summed E-state index contributed by atoms with van der Waals surface area (Å²) in [4.78, 5) is 25.7. The SMILES string of the molecule is NC(CCCCCNc1nsc2nccn12)c1ccc([N+](=O)[O-])cc1[N+](=O)[O-]. The molecule has 148 valence electrons. The van der Waals surface area contributed by atoms with Gasteiger partial charge in [0.1, 0.15) is 0 Å². The zero-order chi connectivity index (χ0) is 20.1. The number of nitrogens with one attached hydrogen (secondary N) is 1. The van der Waals surface area contributed by atoms with E-state index >= 15 is 0 Å². The van der Waals surface area contributed by atoms with Gasteiger partial charge in [0.15, 0.2) is 0 Å². The molecular weight excluding hydrogens is 386 g/mol. The van der Waals surface area contributed by atoms with E-state index in [1.807, 2.05) is 10.6 Å². The normalized spacial score (nSPS) is 12.2. The van der Waals surface area contributed by atoms with Gasteiger partial charge >= 0.3 is 0 Å². The first-order valence-corrected chi connectivity index (χ1v) is 9.45. The molecule has 3 rings (SSSR count). The van der Waals surface area contributed by atoms with Gasteiger partial charge < -0.3 is 11.1 Å². The maximum absolute atomic E-state index is 11.2. The van der Waals surface area contributed by atoms with Gasteiger partial charge in [-0.25, -0.2) is 4.98 Å². The molecule has 1 unspecified atom stereocenters. The number of non-ortho nitro benzene ring substituents is 1. The first kappa shape index (κ1) is 19.6. The van der Waals surface area contributed by atoms with Crippen LogP contribution < -0.4 is 11.1 Å². The Bertz CT molecular complexity index is 986. The molecule has 3 aromatic rings. The first-order chi connectivity index (χ1) is 13.5. The third kappa shape index (κ3) is 4.40. The second-order valence-corrected chi connectivity index (χ2v) is 6.96. The minimum Gasteiger partial charge on any atom is -0.355 e. The number of anilines is 1. The molecule has 0 aliphatic carbocycles. The molecule has 0 spiro atoms. The fourth-order valence-electron chi connectivity index (χ4n) is 2.90. The molecule has 0 aliphatic heterocycles. The van der Waals surface area contributed by atoms with E-state index < -0.39 is 15.9 Å². The number of nitrogens with zero attached hydrogens (tertiary/aromatic N) is 5. The summed E-state index contributed by atoms with van der Waals surface area (Å²) in [6.45, 7) is 0.740. The Morgan fingerprint density at radius 1 is 1.21 bits per heavy atom. The number of imidazole rings is 1. The number of nitro groups is 2. The highest BCUT2D eigenvalue weighted by Gasteiger charge is 2.23. The monoisotopic (exact) mass is 405 g/mol. The van der Waals surface area contributed by atoms with Crippen molar-refractivity contribution in [2.75, 3.05) is 11.9 Å². The number of hydrogen-bond donors (Lipinski definition) is 2. The van der Waals surface area contributed by atoms with E-state index in [2.05, 4.69) is 14.7 Å². The number of nitro benzene ring substituents is 2. The van der Waals surface area contributed by atoms with Crippen molar-refractivity contribution in [2.45, 2.75) is 31.7 Å². The third-order valence-corrected chi connectivity index (χ3v) is 5.07. The number of fused-ring (bicyclic) bond motifs is 1. The van der Waals surface area contributed by atoms with E-state index in [1.54, 1.807) is 6.20 Å². The number of hydrogen-bond acceptors (Lipinski definition) is 9. The van der Waals surface area contributed by atoms with Gasteiger partial charge in [0, 0.05) is 48.1 Å². The molecule has 3 N–H and O–H groups in total. The van der Waals surface area contributed by atoms with Gasteiger partial charge in [-0.05, 0) is 18.9 Å². The van der Waals surface area contributed by atoms with Crippen molar-refractivity contribution in [3.8, 4) is 0 Å². The Morgan fingerprint density at radius 2 is 2.04 bits per heavy atom. The Labute approximate surface area is 163 Å². The molecule has 12 heteroatoms. The van der Waals surface area contributed by atoms with Crippen LogP contribution in [0, 0.1) is 20.2 Å². The standard InChI is InChI=1S/C16H19N7O4S/c17-13(12-6-5-11(22(24)25)10-14(12)23(26)27)4-2-1-3-7-18-15-20-28-16-19-8-9-21(15)16/h5-6,8-10,13H,1-4,7,17H2,(H,18,20). The first-order valence-electron chi connectivity index (χ1n) is 8.68. The van der Waals surface area contributed by atoms with Crippen molar-refractivity contribution in [3.63, 3.8) is 0 Å². The van der Waals surface area contributed by atoms with E-state index in [0.29, 0.717) is 12.0 Å². The maximum atomic E-state index is 11.2. The molecule has 0 saturated heterocycles. The van der Waals surface area contributed by atoms with E-state index in [9.17, 15) is 20.2 Å². The van der Waals surface area contributed by atoms with Crippen molar-refractivity contribution in [2.24, 2.45) is 5.73 Å². The minimum absolute atomic E-state index is 0.309. The average Bonchev–Trinajstić information content (AvgIpc) is 3.28. The highest BCUT2D eigenvalue weighted by molar-refractivity contribution is 7.11. The van der Waals surface area contributed by atoms with Crippen molar-refractivity contribution < 1.29 is 9.85 Å². The lowest BCUT2D eigenvalue weighted by atomic mass is 9.99. The van der Waals surface area contributed by atoms with Crippen molar-refractivity contribution in [1.29, 1.82) is 0 Å². The summed E-state index contributed by atoms with van der Waals surface area (Å²) in [6.07, 6.45) is 6.69. The molecule has 0 radical (unpaired) electrons. The van der Waals surface area contributed by atoms with Crippen LogP contribution in [0.4, 0.5) is 17.3 Å². The second-order valence-electron chi connectivity index (χ2n) is 6.23. The molecular formula is C16H19N7O4S. The number of benzene rings is 1. The molecule has 1 atom stereocenters. The van der Waals surface area contributed by atoms with Crippen molar-refractivity contribution >= 4 is 33.8 Å². The lowest BCUT2D eigenvalue weighted by molar-refractivity contribution is -0.394. The van der Waals surface area contributed by atoms with Crippen LogP contribution >= 0.6 is 11.5 Å². The molecule has 2 heterocycles. The molecule has 0 aliphatic rings. The summed E-state index contributed by atoms with van der Waals surface area (Å²) in [6, 6.07) is 3.04. The molecule has 0 bridgehead atoms. The smallest absolute Gasteiger partial charge is 0.281 e. The van der Waals surface area contributed by atoms with Gasteiger partial charge in [-0.15, -0.1) is 0 Å². The van der Waals surface area contributed by atoms with Crippen LogP contribution in [0.15, 0.2) is 30.6 Å². The van der Waals surface area contributed by atoms with Gasteiger partial charge in [-0.2, -0.15) is 4.37 Å². The molecule has 1 aromatic carbocycles. The Balaban J connectivity index is 1.46. The second kappa shape index (κ2) is 8.71. The van der Waals surface area contributed by atoms with E-state index in [4.69, 9.17) is 5.73 Å². The van der Waals surface area contributed by atoms with Gasteiger partial charge in [0.05, 0.1) is 15.9 Å².